The van der Waals surface area contributed by atoms with E-state index in [-0.39, 0.29) is 17.4 Å². The topological polar surface area (TPSA) is 58.4 Å². The predicted octanol–water partition coefficient (Wildman–Crippen LogP) is 1.86. The molecule has 0 saturated carbocycles. The van der Waals surface area contributed by atoms with Gasteiger partial charge in [-0.2, -0.15) is 0 Å². The summed E-state index contributed by atoms with van der Waals surface area (Å²) in [6, 6.07) is 7.95. The third kappa shape index (κ3) is 3.38. The van der Waals surface area contributed by atoms with E-state index >= 15 is 0 Å². The minimum absolute atomic E-state index is 0.0220. The van der Waals surface area contributed by atoms with Crippen molar-refractivity contribution in [1.29, 1.82) is 0 Å². The molecule has 0 fully saturated rings. The van der Waals surface area contributed by atoms with Gasteiger partial charge in [0.2, 0.25) is 5.91 Å². The number of nitrogens with two attached hydrogens (primary N) is 1. The van der Waals surface area contributed by atoms with Crippen molar-refractivity contribution in [3.05, 3.63) is 29.8 Å². The Morgan fingerprint density at radius 2 is 2.10 bits per heavy atom. The van der Waals surface area contributed by atoms with Crippen molar-refractivity contribution in [2.45, 2.75) is 32.7 Å². The smallest absolute Gasteiger partial charge is 0.241 e. The van der Waals surface area contributed by atoms with E-state index in [1.165, 1.54) is 5.56 Å². The number of rotatable bonds is 4. The number of para-hydroxylation sites is 1. The second-order valence-corrected chi connectivity index (χ2v) is 6.48. The molecule has 4 heteroatoms. The van der Waals surface area contributed by atoms with E-state index in [9.17, 15) is 4.79 Å². The Balaban J connectivity index is 2.10. The molecule has 0 bridgehead atoms. The fourth-order valence-electron chi connectivity index (χ4n) is 2.77. The minimum atomic E-state index is -0.0896. The standard InChI is InChI=1S/C16H25N3O/c1-16(2,10-17)11-19(3)14-9-8-12-6-4-5-7-13(12)18-15(14)20/h4-7,14H,8-11,17H2,1-3H3,(H,18,20). The molecule has 1 amide bonds. The van der Waals surface area contributed by atoms with Crippen LogP contribution in [-0.2, 0) is 11.2 Å². The van der Waals surface area contributed by atoms with Gasteiger partial charge in [-0.15, -0.1) is 0 Å². The van der Waals surface area contributed by atoms with Gasteiger partial charge in [0, 0.05) is 12.2 Å². The van der Waals surface area contributed by atoms with Gasteiger partial charge < -0.3 is 11.1 Å². The molecule has 1 aromatic carbocycles. The Kier molecular flexibility index (Phi) is 4.45. The summed E-state index contributed by atoms with van der Waals surface area (Å²) in [7, 11) is 2.01. The molecular weight excluding hydrogens is 250 g/mol. The molecule has 0 aliphatic carbocycles. The van der Waals surface area contributed by atoms with Crippen LogP contribution < -0.4 is 11.1 Å². The molecule has 1 aromatic rings. The highest BCUT2D eigenvalue weighted by molar-refractivity contribution is 5.96. The molecule has 1 aliphatic heterocycles. The number of hydrogen-bond donors (Lipinski definition) is 2. The van der Waals surface area contributed by atoms with Crippen LogP contribution in [0.3, 0.4) is 0 Å². The first kappa shape index (κ1) is 15.0. The largest absolute Gasteiger partial charge is 0.330 e. The van der Waals surface area contributed by atoms with Crippen molar-refractivity contribution < 1.29 is 4.79 Å². The van der Waals surface area contributed by atoms with E-state index in [2.05, 4.69) is 30.1 Å². The van der Waals surface area contributed by atoms with Crippen LogP contribution in [0, 0.1) is 5.41 Å². The minimum Gasteiger partial charge on any atom is -0.330 e. The first-order valence-electron chi connectivity index (χ1n) is 7.22. The Morgan fingerprint density at radius 1 is 1.40 bits per heavy atom. The zero-order valence-corrected chi connectivity index (χ0v) is 12.6. The van der Waals surface area contributed by atoms with Gasteiger partial charge in [0.25, 0.3) is 0 Å². The highest BCUT2D eigenvalue weighted by Gasteiger charge is 2.29. The van der Waals surface area contributed by atoms with E-state index < -0.39 is 0 Å². The number of nitrogens with one attached hydrogen (secondary N) is 1. The second kappa shape index (κ2) is 5.94. The van der Waals surface area contributed by atoms with Crippen LogP contribution >= 0.6 is 0 Å². The molecule has 3 N–H and O–H groups in total. The van der Waals surface area contributed by atoms with Crippen LogP contribution in [0.2, 0.25) is 0 Å². The van der Waals surface area contributed by atoms with Crippen LogP contribution in [-0.4, -0.2) is 37.0 Å². The average molecular weight is 275 g/mol. The van der Waals surface area contributed by atoms with Crippen LogP contribution in [0.4, 0.5) is 5.69 Å². The lowest BCUT2D eigenvalue weighted by Gasteiger charge is -2.33. The van der Waals surface area contributed by atoms with Crippen LogP contribution in [0.5, 0.6) is 0 Å². The average Bonchev–Trinajstić information content (AvgIpc) is 2.56. The molecule has 0 spiro atoms. The lowest BCUT2D eigenvalue weighted by Crippen LogP contribution is -2.46. The Hall–Kier alpha value is -1.39. The number of aryl methyl sites for hydroxylation is 1. The lowest BCUT2D eigenvalue weighted by atomic mass is 9.92. The van der Waals surface area contributed by atoms with Crippen molar-refractivity contribution in [3.8, 4) is 0 Å². The van der Waals surface area contributed by atoms with E-state index in [0.717, 1.165) is 25.1 Å². The molecule has 4 nitrogen and oxygen atoms in total. The van der Waals surface area contributed by atoms with Crippen LogP contribution in [0.25, 0.3) is 0 Å². The number of amides is 1. The zero-order valence-electron chi connectivity index (χ0n) is 12.6. The van der Waals surface area contributed by atoms with Crippen molar-refractivity contribution in [1.82, 2.24) is 4.90 Å². The van der Waals surface area contributed by atoms with Gasteiger partial charge in [0.05, 0.1) is 6.04 Å². The maximum absolute atomic E-state index is 12.4. The SMILES string of the molecule is CN(CC(C)(C)CN)C1CCc2ccccc2NC1=O. The number of benzene rings is 1. The van der Waals surface area contributed by atoms with E-state index in [4.69, 9.17) is 5.73 Å². The van der Waals surface area contributed by atoms with E-state index in [1.807, 2.05) is 25.2 Å². The van der Waals surface area contributed by atoms with Crippen molar-refractivity contribution >= 4 is 11.6 Å². The summed E-state index contributed by atoms with van der Waals surface area (Å²) in [5, 5.41) is 3.05. The molecule has 0 aromatic heterocycles. The summed E-state index contributed by atoms with van der Waals surface area (Å²) in [6.45, 7) is 5.70. The number of carbonyl (C=O) groups excluding carboxylic acids is 1. The molecule has 110 valence electrons. The molecule has 1 heterocycles. The molecule has 0 radical (unpaired) electrons. The van der Waals surface area contributed by atoms with Crippen LogP contribution in [0.1, 0.15) is 25.8 Å². The van der Waals surface area contributed by atoms with Crippen molar-refractivity contribution in [3.63, 3.8) is 0 Å². The molecule has 1 atom stereocenters. The summed E-state index contributed by atoms with van der Waals surface area (Å²) in [4.78, 5) is 14.5. The third-order valence-corrected chi connectivity index (χ3v) is 4.03. The molecule has 2 rings (SSSR count). The zero-order chi connectivity index (χ0) is 14.8. The summed E-state index contributed by atoms with van der Waals surface area (Å²) >= 11 is 0. The quantitative estimate of drug-likeness (QED) is 0.882. The number of carbonyl (C=O) groups is 1. The van der Waals surface area contributed by atoms with Crippen molar-refractivity contribution in [2.75, 3.05) is 25.5 Å². The summed E-state index contributed by atoms with van der Waals surface area (Å²) in [5.41, 5.74) is 7.98. The lowest BCUT2D eigenvalue weighted by molar-refractivity contribution is -0.121. The molecule has 1 unspecified atom stereocenters. The van der Waals surface area contributed by atoms with Gasteiger partial charge in [-0.25, -0.2) is 0 Å². The summed E-state index contributed by atoms with van der Waals surface area (Å²) in [5.74, 6) is 0.0882. The number of fused-ring (bicyclic) bond motifs is 1. The van der Waals surface area contributed by atoms with Gasteiger partial charge >= 0.3 is 0 Å². The van der Waals surface area contributed by atoms with Gasteiger partial charge in [-0.3, -0.25) is 9.69 Å². The fourth-order valence-corrected chi connectivity index (χ4v) is 2.77. The normalized spacial score (nSPS) is 19.4. The van der Waals surface area contributed by atoms with E-state index in [0.29, 0.717) is 6.54 Å². The first-order chi connectivity index (χ1) is 9.43. The summed E-state index contributed by atoms with van der Waals surface area (Å²) < 4.78 is 0. The number of likely N-dealkylation sites (N-methyl/N-ethyl adjacent to an activating group) is 1. The molecular formula is C16H25N3O. The Morgan fingerprint density at radius 3 is 2.80 bits per heavy atom. The Labute approximate surface area is 121 Å². The molecule has 20 heavy (non-hydrogen) atoms. The highest BCUT2D eigenvalue weighted by atomic mass is 16.2. The second-order valence-electron chi connectivity index (χ2n) is 6.48. The fraction of sp³-hybridized carbons (Fsp3) is 0.562. The van der Waals surface area contributed by atoms with Gasteiger partial charge in [0.15, 0.2) is 0 Å². The molecule has 0 saturated heterocycles. The van der Waals surface area contributed by atoms with Crippen LogP contribution in [0.15, 0.2) is 24.3 Å². The number of nitrogens with zero attached hydrogens (tertiary/aromatic N) is 1. The maximum atomic E-state index is 12.4. The first-order valence-corrected chi connectivity index (χ1v) is 7.22. The van der Waals surface area contributed by atoms with Gasteiger partial charge in [-0.05, 0) is 43.5 Å². The van der Waals surface area contributed by atoms with Gasteiger partial charge in [-0.1, -0.05) is 32.0 Å². The van der Waals surface area contributed by atoms with Crippen molar-refractivity contribution in [2.24, 2.45) is 11.1 Å². The highest BCUT2D eigenvalue weighted by Crippen LogP contribution is 2.24. The number of hydrogen-bond acceptors (Lipinski definition) is 3. The number of anilines is 1. The summed E-state index contributed by atoms with van der Waals surface area (Å²) in [6.07, 6.45) is 1.77. The third-order valence-electron chi connectivity index (χ3n) is 4.03. The molecule has 1 aliphatic rings. The maximum Gasteiger partial charge on any atom is 0.241 e. The predicted molar refractivity (Wildman–Crippen MR) is 82.6 cm³/mol. The van der Waals surface area contributed by atoms with E-state index in [1.54, 1.807) is 0 Å². The monoisotopic (exact) mass is 275 g/mol. The van der Waals surface area contributed by atoms with Gasteiger partial charge in [0.1, 0.15) is 0 Å². The Bertz CT molecular complexity index is 484.